The third-order valence-electron chi connectivity index (χ3n) is 4.42. The number of benzene rings is 1. The predicted octanol–water partition coefficient (Wildman–Crippen LogP) is 3.11. The number of anilines is 2. The number of carbonyl (C=O) groups excluding carboxylic acids is 1. The van der Waals surface area contributed by atoms with Gasteiger partial charge in [0.25, 0.3) is 5.56 Å². The van der Waals surface area contributed by atoms with Gasteiger partial charge in [-0.1, -0.05) is 11.3 Å². The molecule has 1 saturated heterocycles. The summed E-state index contributed by atoms with van der Waals surface area (Å²) in [5.74, 6) is -2.04. The van der Waals surface area contributed by atoms with Gasteiger partial charge < -0.3 is 10.2 Å². The first-order chi connectivity index (χ1) is 13.3. The second-order valence-corrected chi connectivity index (χ2v) is 8.19. The van der Waals surface area contributed by atoms with E-state index in [4.69, 9.17) is 0 Å². The summed E-state index contributed by atoms with van der Waals surface area (Å²) in [6, 6.07) is 2.59. The van der Waals surface area contributed by atoms with Crippen LogP contribution in [0.15, 0.2) is 27.5 Å². The van der Waals surface area contributed by atoms with E-state index in [1.807, 2.05) is 0 Å². The molecule has 1 aliphatic rings. The minimum atomic E-state index is -0.865. The van der Waals surface area contributed by atoms with Gasteiger partial charge in [-0.05, 0) is 41.8 Å². The number of halogens is 3. The molecule has 3 heterocycles. The highest BCUT2D eigenvalue weighted by Gasteiger charge is 2.34. The van der Waals surface area contributed by atoms with E-state index in [1.54, 1.807) is 11.8 Å². The summed E-state index contributed by atoms with van der Waals surface area (Å²) in [6.45, 7) is 2.29. The Hall–Kier alpha value is -2.40. The molecule has 0 saturated carbocycles. The molecule has 146 valence electrons. The Morgan fingerprint density at radius 2 is 2.14 bits per heavy atom. The summed E-state index contributed by atoms with van der Waals surface area (Å²) in [5.41, 5.74) is 0.186. The number of nitrogens with zero attached hydrogens (tertiary/aromatic N) is 4. The zero-order valence-electron chi connectivity index (χ0n) is 14.6. The average molecular weight is 470 g/mol. The minimum Gasteiger partial charge on any atom is -0.335 e. The molecule has 1 unspecified atom stereocenters. The minimum absolute atomic E-state index is 0.115. The molecule has 4 rings (SSSR count). The van der Waals surface area contributed by atoms with E-state index in [0.29, 0.717) is 34.8 Å². The Kier molecular flexibility index (Phi) is 4.88. The van der Waals surface area contributed by atoms with Crippen LogP contribution in [0, 0.1) is 18.6 Å². The molecule has 3 aromatic rings. The Morgan fingerprint density at radius 3 is 2.89 bits per heavy atom. The van der Waals surface area contributed by atoms with Crippen LogP contribution >= 0.6 is 27.3 Å². The molecule has 11 heteroatoms. The van der Waals surface area contributed by atoms with Gasteiger partial charge in [-0.15, -0.1) is 5.10 Å². The smallest absolute Gasteiger partial charge is 0.275 e. The Balaban J connectivity index is 1.63. The Morgan fingerprint density at radius 1 is 1.36 bits per heavy atom. The van der Waals surface area contributed by atoms with Crippen molar-refractivity contribution in [2.45, 2.75) is 25.8 Å². The molecule has 0 bridgehead atoms. The van der Waals surface area contributed by atoms with E-state index in [9.17, 15) is 18.4 Å². The van der Waals surface area contributed by atoms with Crippen molar-refractivity contribution >= 4 is 49.0 Å². The first-order valence-electron chi connectivity index (χ1n) is 8.43. The van der Waals surface area contributed by atoms with E-state index < -0.39 is 23.6 Å². The number of amides is 1. The third-order valence-corrected chi connectivity index (χ3v) is 5.99. The highest BCUT2D eigenvalue weighted by Crippen LogP contribution is 2.31. The quantitative estimate of drug-likeness (QED) is 0.637. The Labute approximate surface area is 170 Å². The van der Waals surface area contributed by atoms with Crippen LogP contribution in [0.2, 0.25) is 0 Å². The van der Waals surface area contributed by atoms with Gasteiger partial charge in [-0.3, -0.25) is 9.59 Å². The zero-order valence-corrected chi connectivity index (χ0v) is 17.0. The van der Waals surface area contributed by atoms with Gasteiger partial charge >= 0.3 is 0 Å². The molecule has 1 aromatic carbocycles. The van der Waals surface area contributed by atoms with E-state index in [-0.39, 0.29) is 15.7 Å². The number of nitrogens with one attached hydrogen (secondary N) is 1. The molecule has 1 aliphatic heterocycles. The molecule has 2 aromatic heterocycles. The summed E-state index contributed by atoms with van der Waals surface area (Å²) >= 11 is 4.28. The van der Waals surface area contributed by atoms with Crippen LogP contribution in [-0.4, -0.2) is 33.1 Å². The SMILES string of the molecule is Cc1cc(=O)n2nc(N3CCCC3C(=O)Nc3c(F)cc(F)cc3Br)sc2n1. The van der Waals surface area contributed by atoms with Crippen molar-refractivity contribution in [1.29, 1.82) is 0 Å². The molecule has 1 atom stereocenters. The fourth-order valence-corrected chi connectivity index (χ4v) is 4.70. The highest BCUT2D eigenvalue weighted by molar-refractivity contribution is 9.10. The molecule has 0 aliphatic carbocycles. The first-order valence-corrected chi connectivity index (χ1v) is 10.0. The maximum Gasteiger partial charge on any atom is 0.275 e. The number of carbonyl (C=O) groups is 1. The van der Waals surface area contributed by atoms with Crippen molar-refractivity contribution in [3.05, 3.63) is 50.4 Å². The van der Waals surface area contributed by atoms with E-state index in [2.05, 4.69) is 31.3 Å². The topological polar surface area (TPSA) is 79.6 Å². The summed E-state index contributed by atoms with van der Waals surface area (Å²) in [6.07, 6.45) is 1.28. The summed E-state index contributed by atoms with van der Waals surface area (Å²) in [7, 11) is 0. The summed E-state index contributed by atoms with van der Waals surface area (Å²) in [5, 5.41) is 7.31. The number of fused-ring (bicyclic) bond motifs is 1. The Bertz CT molecular complexity index is 1130. The average Bonchev–Trinajstić information content (AvgIpc) is 3.24. The van der Waals surface area contributed by atoms with Gasteiger partial charge in [-0.2, -0.15) is 4.52 Å². The second-order valence-electron chi connectivity index (χ2n) is 6.40. The molecule has 1 N–H and O–H groups in total. The maximum atomic E-state index is 14.0. The number of rotatable bonds is 3. The van der Waals surface area contributed by atoms with Crippen LogP contribution < -0.4 is 15.8 Å². The summed E-state index contributed by atoms with van der Waals surface area (Å²) < 4.78 is 28.6. The van der Waals surface area contributed by atoms with E-state index >= 15 is 0 Å². The van der Waals surface area contributed by atoms with Gasteiger partial charge in [0.2, 0.25) is 16.0 Å². The highest BCUT2D eigenvalue weighted by atomic mass is 79.9. The van der Waals surface area contributed by atoms with Crippen LogP contribution in [0.25, 0.3) is 4.96 Å². The molecule has 0 radical (unpaired) electrons. The van der Waals surface area contributed by atoms with Crippen LogP contribution in [-0.2, 0) is 4.79 Å². The molecule has 1 amide bonds. The van der Waals surface area contributed by atoms with Crippen molar-refractivity contribution < 1.29 is 13.6 Å². The number of aromatic nitrogens is 3. The van der Waals surface area contributed by atoms with Crippen molar-refractivity contribution in [3.8, 4) is 0 Å². The lowest BCUT2D eigenvalue weighted by molar-refractivity contribution is -0.117. The monoisotopic (exact) mass is 469 g/mol. The van der Waals surface area contributed by atoms with Gasteiger partial charge in [-0.25, -0.2) is 13.8 Å². The number of hydrogen-bond donors (Lipinski definition) is 1. The maximum absolute atomic E-state index is 14.0. The largest absolute Gasteiger partial charge is 0.335 e. The first kappa shape index (κ1) is 18.9. The molecule has 0 spiro atoms. The van der Waals surface area contributed by atoms with Crippen LogP contribution in [0.3, 0.4) is 0 Å². The molecular weight excluding hydrogens is 456 g/mol. The third kappa shape index (κ3) is 3.39. The second kappa shape index (κ2) is 7.21. The van der Waals surface area contributed by atoms with Gasteiger partial charge in [0.1, 0.15) is 11.9 Å². The zero-order chi connectivity index (χ0) is 20.0. The molecule has 7 nitrogen and oxygen atoms in total. The number of aryl methyl sites for hydroxylation is 1. The van der Waals surface area contributed by atoms with Crippen LogP contribution in [0.5, 0.6) is 0 Å². The lowest BCUT2D eigenvalue weighted by Crippen LogP contribution is -2.40. The lowest BCUT2D eigenvalue weighted by Gasteiger charge is -2.23. The van der Waals surface area contributed by atoms with Gasteiger partial charge in [0, 0.05) is 28.8 Å². The van der Waals surface area contributed by atoms with Crippen molar-refractivity contribution in [2.24, 2.45) is 0 Å². The van der Waals surface area contributed by atoms with Crippen molar-refractivity contribution in [2.75, 3.05) is 16.8 Å². The van der Waals surface area contributed by atoms with Crippen molar-refractivity contribution in [1.82, 2.24) is 14.6 Å². The van der Waals surface area contributed by atoms with Gasteiger partial charge in [0.15, 0.2) is 5.82 Å². The fraction of sp³-hybridized carbons (Fsp3) is 0.294. The lowest BCUT2D eigenvalue weighted by atomic mass is 10.2. The standard InChI is InChI=1S/C17H14BrF2N5O2S/c1-8-5-13(26)25-16(21-8)28-17(23-25)24-4-2-3-12(24)15(27)22-14-10(18)6-9(19)7-11(14)20/h5-7,12H,2-4H2,1H3,(H,22,27). The van der Waals surface area contributed by atoms with Crippen LogP contribution in [0.4, 0.5) is 19.6 Å². The van der Waals surface area contributed by atoms with E-state index in [0.717, 1.165) is 12.5 Å². The molecular formula is C17H14BrF2N5O2S. The van der Waals surface area contributed by atoms with Crippen LogP contribution in [0.1, 0.15) is 18.5 Å². The van der Waals surface area contributed by atoms with E-state index in [1.165, 1.54) is 21.9 Å². The fourth-order valence-electron chi connectivity index (χ4n) is 3.16. The van der Waals surface area contributed by atoms with Gasteiger partial charge in [0.05, 0.1) is 5.69 Å². The molecule has 28 heavy (non-hydrogen) atoms. The molecule has 1 fully saturated rings. The summed E-state index contributed by atoms with van der Waals surface area (Å²) in [4.78, 5) is 31.4. The van der Waals surface area contributed by atoms with Crippen molar-refractivity contribution in [3.63, 3.8) is 0 Å². The predicted molar refractivity (Wildman–Crippen MR) is 105 cm³/mol. The number of hydrogen-bond acceptors (Lipinski definition) is 6. The normalized spacial score (nSPS) is 16.7.